The van der Waals surface area contributed by atoms with Gasteiger partial charge in [-0.05, 0) is 6.42 Å². The Morgan fingerprint density at radius 3 is 2.69 bits per heavy atom. The van der Waals surface area contributed by atoms with Gasteiger partial charge in [-0.2, -0.15) is 0 Å². The number of amides is 1. The molecule has 3 N–H and O–H groups in total. The van der Waals surface area contributed by atoms with E-state index in [1.807, 2.05) is 6.92 Å². The van der Waals surface area contributed by atoms with Gasteiger partial charge in [0.05, 0.1) is 19.3 Å². The van der Waals surface area contributed by atoms with Gasteiger partial charge in [0, 0.05) is 12.0 Å². The van der Waals surface area contributed by atoms with Crippen LogP contribution in [0.15, 0.2) is 0 Å². The molecule has 0 radical (unpaired) electrons. The van der Waals surface area contributed by atoms with Crippen molar-refractivity contribution in [2.45, 2.75) is 26.3 Å². The summed E-state index contributed by atoms with van der Waals surface area (Å²) in [6.07, 6.45) is 0.680. The molecule has 1 fully saturated rings. The van der Waals surface area contributed by atoms with Crippen LogP contribution in [0.1, 0.15) is 20.3 Å². The Hall–Kier alpha value is -0.610. The number of carbonyl (C=O) groups is 1. The fourth-order valence-corrected chi connectivity index (χ4v) is 1.17. The molecular formula is C9H18N2O2. The first-order valence-corrected chi connectivity index (χ1v) is 4.68. The van der Waals surface area contributed by atoms with E-state index in [1.54, 1.807) is 0 Å². The zero-order chi connectivity index (χ0) is 9.90. The van der Waals surface area contributed by atoms with E-state index in [1.165, 1.54) is 0 Å². The molecule has 1 aliphatic heterocycles. The quantitative estimate of drug-likeness (QED) is 0.643. The molecule has 0 bridgehead atoms. The molecule has 1 rings (SSSR count). The van der Waals surface area contributed by atoms with Crippen LogP contribution < -0.4 is 11.1 Å². The molecule has 0 aromatic rings. The van der Waals surface area contributed by atoms with Gasteiger partial charge in [0.25, 0.3) is 0 Å². The van der Waals surface area contributed by atoms with Crippen LogP contribution in [-0.4, -0.2) is 31.7 Å². The Balaban J connectivity index is 2.21. The molecule has 4 heteroatoms. The molecular weight excluding hydrogens is 168 g/mol. The highest BCUT2D eigenvalue weighted by molar-refractivity contribution is 5.81. The average Bonchev–Trinajstić information content (AvgIpc) is 2.09. The molecule has 0 aromatic carbocycles. The summed E-state index contributed by atoms with van der Waals surface area (Å²) in [5.74, 6) is -0.0596. The maximum atomic E-state index is 11.3. The van der Waals surface area contributed by atoms with E-state index < -0.39 is 0 Å². The summed E-state index contributed by atoms with van der Waals surface area (Å²) < 4.78 is 5.07. The zero-order valence-electron chi connectivity index (χ0n) is 8.30. The summed E-state index contributed by atoms with van der Waals surface area (Å²) in [6, 6.07) is -0.371. The maximum absolute atomic E-state index is 11.3. The lowest BCUT2D eigenvalue weighted by molar-refractivity contribution is -0.127. The van der Waals surface area contributed by atoms with Crippen LogP contribution in [-0.2, 0) is 9.53 Å². The molecule has 1 amide bonds. The standard InChI is InChI=1S/C9H18N2O2/c1-3-7(10)8(12)11-4-9(2)5-13-6-9/h7H,3-6,10H2,1-2H3,(H,11,12). The van der Waals surface area contributed by atoms with Crippen LogP contribution >= 0.6 is 0 Å². The van der Waals surface area contributed by atoms with Gasteiger partial charge in [-0.1, -0.05) is 13.8 Å². The topological polar surface area (TPSA) is 64.4 Å². The van der Waals surface area contributed by atoms with Crippen LogP contribution in [0.2, 0.25) is 0 Å². The molecule has 1 aliphatic rings. The highest BCUT2D eigenvalue weighted by atomic mass is 16.5. The van der Waals surface area contributed by atoms with Gasteiger partial charge in [-0.3, -0.25) is 4.79 Å². The number of nitrogens with two attached hydrogens (primary N) is 1. The van der Waals surface area contributed by atoms with Crippen molar-refractivity contribution >= 4 is 5.91 Å². The number of nitrogens with one attached hydrogen (secondary N) is 1. The summed E-state index contributed by atoms with van der Waals surface area (Å²) >= 11 is 0. The van der Waals surface area contributed by atoms with E-state index in [4.69, 9.17) is 10.5 Å². The molecule has 76 valence electrons. The van der Waals surface area contributed by atoms with E-state index >= 15 is 0 Å². The Morgan fingerprint density at radius 1 is 1.69 bits per heavy atom. The second-order valence-electron chi connectivity index (χ2n) is 4.04. The Morgan fingerprint density at radius 2 is 2.31 bits per heavy atom. The number of hydrogen-bond donors (Lipinski definition) is 2. The SMILES string of the molecule is CCC(N)C(=O)NCC1(C)COC1. The van der Waals surface area contributed by atoms with Gasteiger partial charge in [0.2, 0.25) is 5.91 Å². The normalized spacial score (nSPS) is 21.8. The van der Waals surface area contributed by atoms with Crippen molar-refractivity contribution in [2.24, 2.45) is 11.1 Å². The fraction of sp³-hybridized carbons (Fsp3) is 0.889. The first-order valence-electron chi connectivity index (χ1n) is 4.68. The van der Waals surface area contributed by atoms with Gasteiger partial charge in [-0.15, -0.1) is 0 Å². The highest BCUT2D eigenvalue weighted by Gasteiger charge is 2.33. The molecule has 4 nitrogen and oxygen atoms in total. The number of rotatable bonds is 4. The Kier molecular flexibility index (Phi) is 3.27. The lowest BCUT2D eigenvalue weighted by Gasteiger charge is -2.38. The van der Waals surface area contributed by atoms with E-state index in [2.05, 4.69) is 12.2 Å². The highest BCUT2D eigenvalue weighted by Crippen LogP contribution is 2.24. The third-order valence-corrected chi connectivity index (χ3v) is 2.37. The van der Waals surface area contributed by atoms with Crippen LogP contribution in [0.4, 0.5) is 0 Å². The predicted octanol–water partition coefficient (Wildman–Crippen LogP) is -0.124. The summed E-state index contributed by atoms with van der Waals surface area (Å²) in [5.41, 5.74) is 5.69. The first-order chi connectivity index (χ1) is 6.07. The third kappa shape index (κ3) is 2.67. The third-order valence-electron chi connectivity index (χ3n) is 2.37. The van der Waals surface area contributed by atoms with Crippen LogP contribution in [0.3, 0.4) is 0 Å². The zero-order valence-corrected chi connectivity index (χ0v) is 8.30. The molecule has 1 saturated heterocycles. The van der Waals surface area contributed by atoms with Crippen molar-refractivity contribution in [3.05, 3.63) is 0 Å². The van der Waals surface area contributed by atoms with Gasteiger partial charge in [0.15, 0.2) is 0 Å². The van der Waals surface area contributed by atoms with Gasteiger partial charge in [-0.25, -0.2) is 0 Å². The van der Waals surface area contributed by atoms with Crippen molar-refractivity contribution in [1.29, 1.82) is 0 Å². The molecule has 0 saturated carbocycles. The van der Waals surface area contributed by atoms with E-state index in [0.29, 0.717) is 13.0 Å². The summed E-state index contributed by atoms with van der Waals surface area (Å²) in [7, 11) is 0. The number of carbonyl (C=O) groups excluding carboxylic acids is 1. The minimum Gasteiger partial charge on any atom is -0.380 e. The smallest absolute Gasteiger partial charge is 0.236 e. The molecule has 0 spiro atoms. The molecule has 1 heterocycles. The average molecular weight is 186 g/mol. The Bertz CT molecular complexity index is 190. The van der Waals surface area contributed by atoms with Crippen LogP contribution in [0.25, 0.3) is 0 Å². The molecule has 1 unspecified atom stereocenters. The van der Waals surface area contributed by atoms with E-state index in [-0.39, 0.29) is 17.4 Å². The van der Waals surface area contributed by atoms with E-state index in [0.717, 1.165) is 13.2 Å². The molecule has 0 aromatic heterocycles. The Labute approximate surface area is 78.8 Å². The largest absolute Gasteiger partial charge is 0.380 e. The molecule has 1 atom stereocenters. The van der Waals surface area contributed by atoms with Crippen LogP contribution in [0, 0.1) is 5.41 Å². The van der Waals surface area contributed by atoms with Crippen molar-refractivity contribution < 1.29 is 9.53 Å². The van der Waals surface area contributed by atoms with Crippen molar-refractivity contribution in [2.75, 3.05) is 19.8 Å². The fourth-order valence-electron chi connectivity index (χ4n) is 1.17. The lowest BCUT2D eigenvalue weighted by Crippen LogP contribution is -2.51. The van der Waals surface area contributed by atoms with Crippen molar-refractivity contribution in [3.63, 3.8) is 0 Å². The number of ether oxygens (including phenoxy) is 1. The first kappa shape index (κ1) is 10.5. The van der Waals surface area contributed by atoms with Crippen LogP contribution in [0.5, 0.6) is 0 Å². The molecule has 0 aliphatic carbocycles. The summed E-state index contributed by atoms with van der Waals surface area (Å²) in [5, 5.41) is 2.83. The lowest BCUT2D eigenvalue weighted by atomic mass is 9.88. The second kappa shape index (κ2) is 4.07. The summed E-state index contributed by atoms with van der Waals surface area (Å²) in [6.45, 7) is 6.12. The maximum Gasteiger partial charge on any atom is 0.236 e. The minimum absolute atomic E-state index is 0.0596. The van der Waals surface area contributed by atoms with Gasteiger partial charge in [0.1, 0.15) is 0 Å². The van der Waals surface area contributed by atoms with Gasteiger partial charge < -0.3 is 15.8 Å². The summed E-state index contributed by atoms with van der Waals surface area (Å²) in [4.78, 5) is 11.3. The predicted molar refractivity (Wildman–Crippen MR) is 50.2 cm³/mol. The van der Waals surface area contributed by atoms with Gasteiger partial charge >= 0.3 is 0 Å². The number of hydrogen-bond acceptors (Lipinski definition) is 3. The van der Waals surface area contributed by atoms with E-state index in [9.17, 15) is 4.79 Å². The van der Waals surface area contributed by atoms with Crippen molar-refractivity contribution in [3.8, 4) is 0 Å². The minimum atomic E-state index is -0.371. The monoisotopic (exact) mass is 186 g/mol. The molecule has 13 heavy (non-hydrogen) atoms. The van der Waals surface area contributed by atoms with Crippen molar-refractivity contribution in [1.82, 2.24) is 5.32 Å². The second-order valence-corrected chi connectivity index (χ2v) is 4.04.